The van der Waals surface area contributed by atoms with E-state index in [1.165, 1.54) is 23.9 Å². The predicted molar refractivity (Wildman–Crippen MR) is 125 cm³/mol. The van der Waals surface area contributed by atoms with Crippen molar-refractivity contribution in [3.05, 3.63) is 82.7 Å². The highest BCUT2D eigenvalue weighted by molar-refractivity contribution is 7.98. The lowest BCUT2D eigenvalue weighted by molar-refractivity contribution is -0.384. The number of nitro benzene ring substituents is 1. The molecule has 0 radical (unpaired) electrons. The molecule has 2 aromatic heterocycles. The van der Waals surface area contributed by atoms with Crippen LogP contribution in [0.15, 0.2) is 72.1 Å². The Morgan fingerprint density at radius 1 is 1.06 bits per heavy atom. The highest BCUT2D eigenvalue weighted by Gasteiger charge is 2.18. The Morgan fingerprint density at radius 2 is 1.82 bits per heavy atom. The summed E-state index contributed by atoms with van der Waals surface area (Å²) in [4.78, 5) is 14.9. The highest BCUT2D eigenvalue weighted by atomic mass is 32.2. The molecule has 168 valence electrons. The molecule has 0 aliphatic heterocycles. The fraction of sp³-hybridized carbons (Fsp3) is 0.174. The van der Waals surface area contributed by atoms with Crippen LogP contribution in [-0.4, -0.2) is 38.4 Å². The standard InChI is InChI=1S/C23H21N5O4S/c1-3-32-20-7-4-18(5-8-20)27-22(16-10-12-24-13-11-16)25-26-23(27)33-15-17-14-19(28(29)30)6-9-21(17)31-2/h4-14H,3,15H2,1-2H3. The molecule has 0 N–H and O–H groups in total. The SMILES string of the molecule is CCOc1ccc(-n2c(SCc3cc([N+](=O)[O-])ccc3OC)nnc2-c2ccncc2)cc1. The predicted octanol–water partition coefficient (Wildman–Crippen LogP) is 4.94. The van der Waals surface area contributed by atoms with E-state index in [-0.39, 0.29) is 5.69 Å². The lowest BCUT2D eigenvalue weighted by atomic mass is 10.2. The summed E-state index contributed by atoms with van der Waals surface area (Å²) in [6, 6.07) is 16.0. The van der Waals surface area contributed by atoms with Crippen molar-refractivity contribution in [2.45, 2.75) is 17.8 Å². The number of benzene rings is 2. The van der Waals surface area contributed by atoms with Crippen LogP contribution in [0.5, 0.6) is 11.5 Å². The van der Waals surface area contributed by atoms with Gasteiger partial charge in [0.1, 0.15) is 11.5 Å². The molecular weight excluding hydrogens is 442 g/mol. The molecule has 0 saturated carbocycles. The van der Waals surface area contributed by atoms with Crippen LogP contribution < -0.4 is 9.47 Å². The minimum absolute atomic E-state index is 0.0110. The van der Waals surface area contributed by atoms with Crippen molar-refractivity contribution in [2.75, 3.05) is 13.7 Å². The quantitative estimate of drug-likeness (QED) is 0.195. The molecule has 2 heterocycles. The molecule has 4 aromatic rings. The Labute approximate surface area is 194 Å². The van der Waals surface area contributed by atoms with Crippen molar-refractivity contribution in [3.63, 3.8) is 0 Å². The summed E-state index contributed by atoms with van der Waals surface area (Å²) in [7, 11) is 1.54. The second-order valence-electron chi connectivity index (χ2n) is 6.85. The Hall–Kier alpha value is -3.92. The van der Waals surface area contributed by atoms with Gasteiger partial charge < -0.3 is 9.47 Å². The second kappa shape index (κ2) is 10.1. The Balaban J connectivity index is 1.71. The molecule has 0 saturated heterocycles. The number of hydrogen-bond donors (Lipinski definition) is 0. The van der Waals surface area contributed by atoms with Gasteiger partial charge in [0.15, 0.2) is 11.0 Å². The van der Waals surface area contributed by atoms with Crippen molar-refractivity contribution in [1.82, 2.24) is 19.7 Å². The summed E-state index contributed by atoms with van der Waals surface area (Å²) in [5, 5.41) is 20.7. The molecule has 0 unspecified atom stereocenters. The van der Waals surface area contributed by atoms with Crippen LogP contribution >= 0.6 is 11.8 Å². The monoisotopic (exact) mass is 463 g/mol. The van der Waals surface area contributed by atoms with Crippen molar-refractivity contribution in [3.8, 4) is 28.6 Å². The molecule has 0 aliphatic rings. The normalized spacial score (nSPS) is 10.7. The number of rotatable bonds is 9. The van der Waals surface area contributed by atoms with Crippen LogP contribution in [0.4, 0.5) is 5.69 Å². The van der Waals surface area contributed by atoms with E-state index < -0.39 is 4.92 Å². The molecule has 0 fully saturated rings. The van der Waals surface area contributed by atoms with E-state index in [0.29, 0.717) is 34.7 Å². The van der Waals surface area contributed by atoms with Gasteiger partial charge >= 0.3 is 0 Å². The van der Waals surface area contributed by atoms with E-state index in [2.05, 4.69) is 15.2 Å². The zero-order valence-electron chi connectivity index (χ0n) is 18.0. The number of thioether (sulfide) groups is 1. The van der Waals surface area contributed by atoms with Crippen LogP contribution in [0.25, 0.3) is 17.1 Å². The number of ether oxygens (including phenoxy) is 2. The third-order valence-electron chi connectivity index (χ3n) is 4.81. The van der Waals surface area contributed by atoms with Gasteiger partial charge in [0, 0.05) is 47.1 Å². The van der Waals surface area contributed by atoms with Crippen LogP contribution in [0.3, 0.4) is 0 Å². The minimum atomic E-state index is -0.419. The van der Waals surface area contributed by atoms with E-state index in [9.17, 15) is 10.1 Å². The van der Waals surface area contributed by atoms with Gasteiger partial charge in [0.05, 0.1) is 18.6 Å². The van der Waals surface area contributed by atoms with Crippen LogP contribution in [0.1, 0.15) is 12.5 Å². The van der Waals surface area contributed by atoms with Gasteiger partial charge in [-0.2, -0.15) is 0 Å². The van der Waals surface area contributed by atoms with E-state index in [4.69, 9.17) is 9.47 Å². The molecule has 0 atom stereocenters. The summed E-state index contributed by atoms with van der Waals surface area (Å²) in [5.41, 5.74) is 2.44. The molecule has 4 rings (SSSR count). The van der Waals surface area contributed by atoms with E-state index in [1.807, 2.05) is 47.9 Å². The van der Waals surface area contributed by atoms with E-state index in [0.717, 1.165) is 17.0 Å². The molecule has 2 aromatic carbocycles. The van der Waals surface area contributed by atoms with Crippen LogP contribution in [-0.2, 0) is 5.75 Å². The Morgan fingerprint density at radius 3 is 2.48 bits per heavy atom. The van der Waals surface area contributed by atoms with Crippen molar-refractivity contribution >= 4 is 17.4 Å². The summed E-state index contributed by atoms with van der Waals surface area (Å²) < 4.78 is 12.9. The maximum atomic E-state index is 11.2. The second-order valence-corrected chi connectivity index (χ2v) is 7.79. The number of methoxy groups -OCH3 is 1. The molecule has 0 aliphatic carbocycles. The maximum Gasteiger partial charge on any atom is 0.270 e. The average Bonchev–Trinajstić information content (AvgIpc) is 3.27. The molecular formula is C23H21N5O4S. The lowest BCUT2D eigenvalue weighted by Gasteiger charge is -2.12. The number of hydrogen-bond acceptors (Lipinski definition) is 8. The van der Waals surface area contributed by atoms with Crippen molar-refractivity contribution in [1.29, 1.82) is 0 Å². The molecule has 0 amide bonds. The number of pyridine rings is 1. The van der Waals surface area contributed by atoms with Gasteiger partial charge in [-0.3, -0.25) is 19.7 Å². The summed E-state index contributed by atoms with van der Waals surface area (Å²) >= 11 is 1.41. The van der Waals surface area contributed by atoms with E-state index >= 15 is 0 Å². The summed E-state index contributed by atoms with van der Waals surface area (Å²) in [6.45, 7) is 2.52. The minimum Gasteiger partial charge on any atom is -0.496 e. The van der Waals surface area contributed by atoms with Crippen LogP contribution in [0, 0.1) is 10.1 Å². The van der Waals surface area contributed by atoms with Gasteiger partial charge in [0.25, 0.3) is 5.69 Å². The summed E-state index contributed by atoms with van der Waals surface area (Å²) in [5.74, 6) is 2.43. The van der Waals surface area contributed by atoms with Crippen LogP contribution in [0.2, 0.25) is 0 Å². The Kier molecular flexibility index (Phi) is 6.84. The first-order valence-corrected chi connectivity index (χ1v) is 11.1. The zero-order chi connectivity index (χ0) is 23.2. The zero-order valence-corrected chi connectivity index (χ0v) is 18.9. The summed E-state index contributed by atoms with van der Waals surface area (Å²) in [6.07, 6.45) is 3.40. The number of nitrogens with zero attached hydrogens (tertiary/aromatic N) is 5. The van der Waals surface area contributed by atoms with Gasteiger partial charge in [-0.05, 0) is 49.4 Å². The fourth-order valence-corrected chi connectivity index (χ4v) is 4.21. The lowest BCUT2D eigenvalue weighted by Crippen LogP contribution is -2.01. The molecule has 0 spiro atoms. The maximum absolute atomic E-state index is 11.2. The average molecular weight is 464 g/mol. The third-order valence-corrected chi connectivity index (χ3v) is 5.79. The first-order chi connectivity index (χ1) is 16.1. The van der Waals surface area contributed by atoms with Crippen molar-refractivity contribution in [2.24, 2.45) is 0 Å². The highest BCUT2D eigenvalue weighted by Crippen LogP contribution is 2.33. The van der Waals surface area contributed by atoms with Gasteiger partial charge in [0.2, 0.25) is 0 Å². The largest absolute Gasteiger partial charge is 0.496 e. The molecule has 9 nitrogen and oxygen atoms in total. The van der Waals surface area contributed by atoms with Gasteiger partial charge in [-0.25, -0.2) is 0 Å². The van der Waals surface area contributed by atoms with Gasteiger partial charge in [-0.15, -0.1) is 10.2 Å². The first-order valence-electron chi connectivity index (χ1n) is 10.1. The van der Waals surface area contributed by atoms with Gasteiger partial charge in [-0.1, -0.05) is 11.8 Å². The molecule has 33 heavy (non-hydrogen) atoms. The topological polar surface area (TPSA) is 105 Å². The number of nitro groups is 1. The smallest absolute Gasteiger partial charge is 0.270 e. The third kappa shape index (κ3) is 4.96. The number of aromatic nitrogens is 4. The molecule has 0 bridgehead atoms. The van der Waals surface area contributed by atoms with E-state index in [1.54, 1.807) is 25.6 Å². The Bertz CT molecular complexity index is 1250. The number of non-ortho nitro benzene ring substituents is 1. The fourth-order valence-electron chi connectivity index (χ4n) is 3.28. The first kappa shape index (κ1) is 22.3. The molecule has 10 heteroatoms. The van der Waals surface area contributed by atoms with Crippen molar-refractivity contribution < 1.29 is 14.4 Å².